The molecule has 2 heterocycles. The van der Waals surface area contributed by atoms with Crippen LogP contribution in [0.3, 0.4) is 0 Å². The molecule has 3 aromatic carbocycles. The van der Waals surface area contributed by atoms with E-state index in [0.29, 0.717) is 11.4 Å². The van der Waals surface area contributed by atoms with Crippen LogP contribution in [0, 0.1) is 6.92 Å². The Morgan fingerprint density at radius 2 is 1.62 bits per heavy atom. The first-order valence-electron chi connectivity index (χ1n) is 11.6. The van der Waals surface area contributed by atoms with Crippen LogP contribution in [-0.4, -0.2) is 20.7 Å². The molecule has 0 saturated heterocycles. The van der Waals surface area contributed by atoms with Crippen molar-refractivity contribution in [1.29, 1.82) is 0 Å². The lowest BCUT2D eigenvalue weighted by atomic mass is 9.92. The van der Waals surface area contributed by atoms with E-state index in [1.54, 1.807) is 16.0 Å². The molecule has 34 heavy (non-hydrogen) atoms. The van der Waals surface area contributed by atoms with Crippen LogP contribution in [0.15, 0.2) is 72.8 Å². The van der Waals surface area contributed by atoms with Crippen LogP contribution in [0.25, 0.3) is 26.5 Å². The Labute approximate surface area is 202 Å². The van der Waals surface area contributed by atoms with Gasteiger partial charge in [-0.1, -0.05) is 53.8 Å². The third-order valence-corrected chi connectivity index (χ3v) is 7.34. The van der Waals surface area contributed by atoms with Crippen molar-refractivity contribution in [1.82, 2.24) is 14.8 Å². The van der Waals surface area contributed by atoms with E-state index >= 15 is 0 Å². The molecule has 0 atom stereocenters. The van der Waals surface area contributed by atoms with E-state index < -0.39 is 0 Å². The quantitative estimate of drug-likeness (QED) is 0.326. The highest BCUT2D eigenvalue weighted by atomic mass is 32.1. The molecule has 1 aliphatic rings. The maximum Gasteiger partial charge on any atom is 0.256 e. The standard InChI is InChI=1S/C28H24N4OS/c1-18-15-26(30-27(33)21-13-11-20(12-14-21)19-7-3-2-4-8-19)32(31-18)28-29-24-16-22-9-5-6-10-23(22)17-25(24)34-28/h2-4,7-8,11-17H,5-6,9-10H2,1H3,(H,30,33). The highest BCUT2D eigenvalue weighted by molar-refractivity contribution is 7.20. The molecule has 6 heteroatoms. The summed E-state index contributed by atoms with van der Waals surface area (Å²) in [5.74, 6) is 0.454. The molecule has 1 amide bonds. The van der Waals surface area contributed by atoms with Crippen molar-refractivity contribution in [2.24, 2.45) is 0 Å². The first-order chi connectivity index (χ1) is 16.6. The number of amides is 1. The molecular formula is C28H24N4OS. The number of aryl methyl sites for hydroxylation is 3. The van der Waals surface area contributed by atoms with E-state index in [0.717, 1.165) is 45.0 Å². The number of rotatable bonds is 4. The second kappa shape index (κ2) is 8.54. The van der Waals surface area contributed by atoms with Crippen LogP contribution in [-0.2, 0) is 12.8 Å². The summed E-state index contributed by atoms with van der Waals surface area (Å²) in [6.07, 6.45) is 4.77. The molecule has 0 unspecified atom stereocenters. The molecule has 1 aliphatic carbocycles. The molecule has 0 radical (unpaired) electrons. The summed E-state index contributed by atoms with van der Waals surface area (Å²) in [6.45, 7) is 1.92. The largest absolute Gasteiger partial charge is 0.306 e. The maximum atomic E-state index is 13.0. The Hall–Kier alpha value is -3.77. The van der Waals surface area contributed by atoms with E-state index in [4.69, 9.17) is 4.98 Å². The summed E-state index contributed by atoms with van der Waals surface area (Å²) in [5.41, 5.74) is 7.49. The topological polar surface area (TPSA) is 59.8 Å². The molecule has 1 N–H and O–H groups in total. The number of nitrogens with one attached hydrogen (secondary N) is 1. The van der Waals surface area contributed by atoms with E-state index in [2.05, 4.69) is 34.7 Å². The fourth-order valence-corrected chi connectivity index (χ4v) is 5.58. The number of carbonyl (C=O) groups excluding carboxylic acids is 1. The number of aromatic nitrogens is 3. The Balaban J connectivity index is 1.28. The van der Waals surface area contributed by atoms with Gasteiger partial charge in [-0.25, -0.2) is 4.98 Å². The molecule has 5 aromatic rings. The zero-order valence-corrected chi connectivity index (χ0v) is 19.7. The van der Waals surface area contributed by atoms with Crippen LogP contribution in [0.2, 0.25) is 0 Å². The Morgan fingerprint density at radius 1 is 0.912 bits per heavy atom. The molecule has 0 bridgehead atoms. The van der Waals surface area contributed by atoms with Crippen molar-refractivity contribution >= 4 is 33.3 Å². The van der Waals surface area contributed by atoms with Crippen molar-refractivity contribution in [2.45, 2.75) is 32.6 Å². The fourth-order valence-electron chi connectivity index (χ4n) is 4.60. The van der Waals surface area contributed by atoms with Gasteiger partial charge in [0.05, 0.1) is 15.9 Å². The lowest BCUT2D eigenvalue weighted by molar-refractivity contribution is 0.102. The van der Waals surface area contributed by atoms with Crippen LogP contribution >= 0.6 is 11.3 Å². The Morgan fingerprint density at radius 3 is 2.38 bits per heavy atom. The van der Waals surface area contributed by atoms with E-state index in [9.17, 15) is 4.79 Å². The van der Waals surface area contributed by atoms with Gasteiger partial charge in [0.1, 0.15) is 5.82 Å². The van der Waals surface area contributed by atoms with Gasteiger partial charge >= 0.3 is 0 Å². The zero-order chi connectivity index (χ0) is 23.1. The van der Waals surface area contributed by atoms with Gasteiger partial charge < -0.3 is 5.32 Å². The molecule has 168 valence electrons. The third-order valence-electron chi connectivity index (χ3n) is 6.35. The van der Waals surface area contributed by atoms with Gasteiger partial charge in [-0.05, 0) is 79.1 Å². The van der Waals surface area contributed by atoms with Crippen LogP contribution in [0.5, 0.6) is 0 Å². The number of thiazole rings is 1. The summed E-state index contributed by atoms with van der Waals surface area (Å²) in [6, 6.07) is 24.2. The summed E-state index contributed by atoms with van der Waals surface area (Å²) in [4.78, 5) is 17.9. The minimum absolute atomic E-state index is 0.169. The summed E-state index contributed by atoms with van der Waals surface area (Å²) in [7, 11) is 0. The lowest BCUT2D eigenvalue weighted by Crippen LogP contribution is -2.15. The molecule has 6 rings (SSSR count). The molecule has 0 fully saturated rings. The van der Waals surface area contributed by atoms with Gasteiger partial charge in [0.2, 0.25) is 5.13 Å². The van der Waals surface area contributed by atoms with Crippen LogP contribution in [0.1, 0.15) is 40.0 Å². The van der Waals surface area contributed by atoms with Crippen LogP contribution < -0.4 is 5.32 Å². The number of hydrogen-bond acceptors (Lipinski definition) is 4. The average molecular weight is 465 g/mol. The van der Waals surface area contributed by atoms with Crippen molar-refractivity contribution in [3.05, 3.63) is 95.2 Å². The molecule has 0 saturated carbocycles. The van der Waals surface area contributed by atoms with E-state index in [1.165, 1.54) is 24.0 Å². The molecular weight excluding hydrogens is 440 g/mol. The highest BCUT2D eigenvalue weighted by Gasteiger charge is 2.18. The minimum Gasteiger partial charge on any atom is -0.306 e. The van der Waals surface area contributed by atoms with Crippen molar-refractivity contribution in [3.63, 3.8) is 0 Å². The molecule has 0 aliphatic heterocycles. The normalized spacial score (nSPS) is 13.1. The van der Waals surface area contributed by atoms with Gasteiger partial charge in [0.15, 0.2) is 0 Å². The summed E-state index contributed by atoms with van der Waals surface area (Å²) >= 11 is 1.61. The first-order valence-corrected chi connectivity index (χ1v) is 12.4. The second-order valence-corrected chi connectivity index (χ2v) is 9.78. The fraction of sp³-hybridized carbons (Fsp3) is 0.179. The zero-order valence-electron chi connectivity index (χ0n) is 18.9. The number of fused-ring (bicyclic) bond motifs is 2. The number of nitrogens with zero attached hydrogens (tertiary/aromatic N) is 3. The highest BCUT2D eigenvalue weighted by Crippen LogP contribution is 2.32. The summed E-state index contributed by atoms with van der Waals surface area (Å²) in [5, 5.41) is 8.42. The smallest absolute Gasteiger partial charge is 0.256 e. The predicted octanol–water partition coefficient (Wildman–Crippen LogP) is 6.59. The SMILES string of the molecule is Cc1cc(NC(=O)c2ccc(-c3ccccc3)cc2)n(-c2nc3cc4c(cc3s2)CCCC4)n1. The van der Waals surface area contributed by atoms with Gasteiger partial charge in [0, 0.05) is 11.6 Å². The lowest BCUT2D eigenvalue weighted by Gasteiger charge is -2.14. The van der Waals surface area contributed by atoms with Gasteiger partial charge in [-0.2, -0.15) is 9.78 Å². The van der Waals surface area contributed by atoms with E-state index in [1.807, 2.05) is 55.5 Å². The predicted molar refractivity (Wildman–Crippen MR) is 138 cm³/mol. The van der Waals surface area contributed by atoms with Gasteiger partial charge in [-0.15, -0.1) is 0 Å². The maximum absolute atomic E-state index is 13.0. The second-order valence-electron chi connectivity index (χ2n) is 8.77. The van der Waals surface area contributed by atoms with Gasteiger partial charge in [0.25, 0.3) is 5.91 Å². The van der Waals surface area contributed by atoms with Crippen molar-refractivity contribution in [3.8, 4) is 16.3 Å². The van der Waals surface area contributed by atoms with E-state index in [-0.39, 0.29) is 5.91 Å². The third kappa shape index (κ3) is 3.90. The summed E-state index contributed by atoms with van der Waals surface area (Å²) < 4.78 is 2.91. The van der Waals surface area contributed by atoms with Crippen LogP contribution in [0.4, 0.5) is 5.82 Å². The monoisotopic (exact) mass is 464 g/mol. The number of benzene rings is 3. The molecule has 5 nitrogen and oxygen atoms in total. The van der Waals surface area contributed by atoms with Crippen molar-refractivity contribution in [2.75, 3.05) is 5.32 Å². The first kappa shape index (κ1) is 20.8. The minimum atomic E-state index is -0.169. The van der Waals surface area contributed by atoms with Crippen molar-refractivity contribution < 1.29 is 4.79 Å². The van der Waals surface area contributed by atoms with Gasteiger partial charge in [-0.3, -0.25) is 4.79 Å². The molecule has 0 spiro atoms. The Kier molecular flexibility index (Phi) is 5.23. The average Bonchev–Trinajstić information content (AvgIpc) is 3.45. The number of carbonyl (C=O) groups is 1. The number of anilines is 1. The Bertz CT molecular complexity index is 1460. The number of hydrogen-bond donors (Lipinski definition) is 1. The molecule has 2 aromatic heterocycles.